The minimum atomic E-state index is -1.78. The van der Waals surface area contributed by atoms with Gasteiger partial charge in [0, 0.05) is 17.6 Å². The van der Waals surface area contributed by atoms with Crippen molar-refractivity contribution in [2.24, 2.45) is 5.92 Å². The largest absolute Gasteiger partial charge is 0.497 e. The molecule has 5 atom stereocenters. The zero-order chi connectivity index (χ0) is 46.9. The molecule has 67 heavy (non-hydrogen) atoms. The molecule has 4 aromatic carbocycles. The number of anilines is 1. The van der Waals surface area contributed by atoms with Crippen LogP contribution >= 0.6 is 8.53 Å². The molecule has 1 unspecified atom stereocenters. The molecule has 3 heterocycles. The van der Waals surface area contributed by atoms with E-state index in [1.807, 2.05) is 77.4 Å². The van der Waals surface area contributed by atoms with E-state index in [4.69, 9.17) is 37.7 Å². The number of carbonyl (C=O) groups excluding carboxylic acids is 1. The van der Waals surface area contributed by atoms with E-state index in [9.17, 15) is 10.1 Å². The number of ether oxygens (including phenoxy) is 5. The number of aromatic nitrogens is 4. The molecule has 15 nitrogen and oxygen atoms in total. The lowest BCUT2D eigenvalue weighted by molar-refractivity contribution is -0.0957. The quantitative estimate of drug-likeness (QED) is 0.0389. The van der Waals surface area contributed by atoms with Crippen LogP contribution in [0.2, 0.25) is 0 Å². The summed E-state index contributed by atoms with van der Waals surface area (Å²) in [6, 6.07) is 37.0. The van der Waals surface area contributed by atoms with Gasteiger partial charge in [-0.25, -0.2) is 19.6 Å². The van der Waals surface area contributed by atoms with Gasteiger partial charge in [0.2, 0.25) is 0 Å². The summed E-state index contributed by atoms with van der Waals surface area (Å²) in [5, 5.41) is 12.5. The highest BCUT2D eigenvalue weighted by atomic mass is 31.2. The summed E-state index contributed by atoms with van der Waals surface area (Å²) in [6.07, 6.45) is 2.26. The van der Waals surface area contributed by atoms with E-state index in [2.05, 4.69) is 65.9 Å². The molecule has 350 valence electrons. The van der Waals surface area contributed by atoms with Gasteiger partial charge in [0.15, 0.2) is 23.2 Å². The Morgan fingerprint density at radius 3 is 2.03 bits per heavy atom. The fraction of sp³-hybridized carbons (Fsp3) is 0.392. The number of nitrogens with zero attached hydrogens (tertiary/aromatic N) is 6. The van der Waals surface area contributed by atoms with Crippen LogP contribution in [0.25, 0.3) is 11.2 Å². The molecule has 1 amide bonds. The number of hydrogen-bond donors (Lipinski definition) is 1. The summed E-state index contributed by atoms with van der Waals surface area (Å²) in [6.45, 7) is 9.08. The highest BCUT2D eigenvalue weighted by molar-refractivity contribution is 7.44. The fourth-order valence-electron chi connectivity index (χ4n) is 8.48. The maximum absolute atomic E-state index is 13.4. The molecule has 2 fully saturated rings. The van der Waals surface area contributed by atoms with Gasteiger partial charge in [-0.15, -0.1) is 0 Å². The second kappa shape index (κ2) is 21.9. The van der Waals surface area contributed by atoms with Gasteiger partial charge in [0.25, 0.3) is 14.4 Å². The van der Waals surface area contributed by atoms with Crippen LogP contribution < -0.4 is 14.8 Å². The first kappa shape index (κ1) is 47.7. The lowest BCUT2D eigenvalue weighted by Gasteiger charge is -2.39. The first-order valence-electron chi connectivity index (χ1n) is 22.7. The molecule has 1 saturated heterocycles. The summed E-state index contributed by atoms with van der Waals surface area (Å²) in [5.41, 5.74) is 2.70. The predicted molar refractivity (Wildman–Crippen MR) is 254 cm³/mol. The second-order valence-electron chi connectivity index (χ2n) is 17.1. The lowest BCUT2D eigenvalue weighted by atomic mass is 9.80. The first-order valence-corrected chi connectivity index (χ1v) is 23.8. The average Bonchev–Trinajstić information content (AvgIpc) is 3.99. The minimum absolute atomic E-state index is 0.0160. The van der Waals surface area contributed by atoms with Gasteiger partial charge < -0.3 is 38.0 Å². The van der Waals surface area contributed by atoms with E-state index in [1.54, 1.807) is 44.8 Å². The van der Waals surface area contributed by atoms with Crippen LogP contribution in [0.3, 0.4) is 0 Å². The van der Waals surface area contributed by atoms with Crippen LogP contribution in [0.15, 0.2) is 122 Å². The highest BCUT2D eigenvalue weighted by Gasteiger charge is 2.52. The standard InChI is InChI=1S/C51H58N7O8P/c1-34(2)58(35(3)4)67(64-29-13-28-52)66-45-43(31-63-51(38-16-11-8-12-17-38,39-20-24-41(60-5)25-21-39)40-22-26-42(61-6)27-23-40)65-50(46(45)62-30-36-18-19-36)57-33-55-44-47(53-32-54-48(44)57)56-49(59)37-14-9-7-10-15-37/h7-12,14-17,20-27,32-36,43,45-46,50H,13,18-19,29-31H2,1-6H3,(H,53,54,56,59)/t43-,45-,46-,50-,67?/m1/s1. The van der Waals surface area contributed by atoms with Crippen molar-refractivity contribution < 1.29 is 37.5 Å². The van der Waals surface area contributed by atoms with Gasteiger partial charge in [-0.2, -0.15) is 5.26 Å². The van der Waals surface area contributed by atoms with Crippen molar-refractivity contribution in [3.63, 3.8) is 0 Å². The minimum Gasteiger partial charge on any atom is -0.497 e. The SMILES string of the molecule is COc1ccc(C(OC[C@H]2O[C@@H](n3cnc4c(NC(=O)c5ccccc5)ncnc43)[C@H](OCC3CC3)[C@@H]2OP(OCCC#N)N(C(C)C)C(C)C)(c2ccccc2)c2ccc(OC)cc2)cc1. The third-order valence-electron chi connectivity index (χ3n) is 11.9. The summed E-state index contributed by atoms with van der Waals surface area (Å²) < 4.78 is 50.8. The molecule has 8 rings (SSSR count). The number of hydrogen-bond acceptors (Lipinski definition) is 13. The molecule has 0 radical (unpaired) electrons. The monoisotopic (exact) mass is 927 g/mol. The zero-order valence-corrected chi connectivity index (χ0v) is 39.6. The molecular formula is C51H58N7O8P. The van der Waals surface area contributed by atoms with Crippen LogP contribution in [-0.4, -0.2) is 94.5 Å². The zero-order valence-electron chi connectivity index (χ0n) is 38.7. The Kier molecular flexibility index (Phi) is 15.6. The van der Waals surface area contributed by atoms with Gasteiger partial charge in [-0.1, -0.05) is 72.8 Å². The van der Waals surface area contributed by atoms with Gasteiger partial charge >= 0.3 is 0 Å². The Balaban J connectivity index is 1.24. The summed E-state index contributed by atoms with van der Waals surface area (Å²) >= 11 is 0. The number of benzene rings is 4. The molecule has 16 heteroatoms. The first-order chi connectivity index (χ1) is 32.6. The van der Waals surface area contributed by atoms with Crippen molar-refractivity contribution in [2.45, 2.75) is 89.2 Å². The van der Waals surface area contributed by atoms with Crippen LogP contribution in [0.4, 0.5) is 5.82 Å². The van der Waals surface area contributed by atoms with Crippen molar-refractivity contribution in [2.75, 3.05) is 39.4 Å². The van der Waals surface area contributed by atoms with E-state index >= 15 is 0 Å². The van der Waals surface area contributed by atoms with Crippen molar-refractivity contribution >= 4 is 31.4 Å². The van der Waals surface area contributed by atoms with E-state index in [-0.39, 0.29) is 43.4 Å². The molecule has 1 aliphatic carbocycles. The van der Waals surface area contributed by atoms with Crippen LogP contribution in [0.1, 0.15) is 80.2 Å². The van der Waals surface area contributed by atoms with Gasteiger partial charge in [-0.05, 0) is 99.5 Å². The Morgan fingerprint density at radius 2 is 1.45 bits per heavy atom. The van der Waals surface area contributed by atoms with Crippen molar-refractivity contribution in [3.05, 3.63) is 144 Å². The molecule has 2 aliphatic rings. The Hall–Kier alpha value is -5.82. The Labute approximate surface area is 393 Å². The lowest BCUT2D eigenvalue weighted by Crippen LogP contribution is -2.43. The van der Waals surface area contributed by atoms with Crippen LogP contribution in [0, 0.1) is 17.2 Å². The van der Waals surface area contributed by atoms with Crippen molar-refractivity contribution in [1.82, 2.24) is 24.2 Å². The van der Waals surface area contributed by atoms with E-state index < -0.39 is 38.7 Å². The molecule has 0 spiro atoms. The number of methoxy groups -OCH3 is 2. The summed E-state index contributed by atoms with van der Waals surface area (Å²) in [5.74, 6) is 1.73. The van der Waals surface area contributed by atoms with Gasteiger partial charge in [-0.3, -0.25) is 9.36 Å². The van der Waals surface area contributed by atoms with Gasteiger partial charge in [0.1, 0.15) is 41.7 Å². The summed E-state index contributed by atoms with van der Waals surface area (Å²) in [4.78, 5) is 27.2. The molecule has 1 saturated carbocycles. The van der Waals surface area contributed by atoms with E-state index in [1.165, 1.54) is 6.33 Å². The van der Waals surface area contributed by atoms with E-state index in [0.717, 1.165) is 29.5 Å². The number of rotatable bonds is 22. The Bertz CT molecular complexity index is 2520. The number of carbonyl (C=O) groups is 1. The van der Waals surface area contributed by atoms with Crippen molar-refractivity contribution in [1.29, 1.82) is 5.26 Å². The number of amides is 1. The molecule has 1 N–H and O–H groups in total. The number of nitrogens with one attached hydrogen (secondary N) is 1. The maximum Gasteiger partial charge on any atom is 0.259 e. The number of nitriles is 1. The molecule has 6 aromatic rings. The molecule has 1 aliphatic heterocycles. The third-order valence-corrected chi connectivity index (χ3v) is 14.0. The summed E-state index contributed by atoms with van der Waals surface area (Å²) in [7, 11) is 1.51. The van der Waals surface area contributed by atoms with E-state index in [0.29, 0.717) is 40.8 Å². The maximum atomic E-state index is 13.4. The topological polar surface area (TPSA) is 164 Å². The predicted octanol–water partition coefficient (Wildman–Crippen LogP) is 9.46. The molecule has 2 aromatic heterocycles. The van der Waals surface area contributed by atoms with Gasteiger partial charge in [0.05, 0.1) is 52.9 Å². The number of imidazole rings is 1. The smallest absolute Gasteiger partial charge is 0.259 e. The van der Waals surface area contributed by atoms with Crippen LogP contribution in [0.5, 0.6) is 11.5 Å². The Morgan fingerprint density at radius 1 is 0.836 bits per heavy atom. The average molecular weight is 928 g/mol. The highest BCUT2D eigenvalue weighted by Crippen LogP contribution is 2.52. The normalized spacial score (nSPS) is 18.9. The molecular weight excluding hydrogens is 870 g/mol. The van der Waals surface area contributed by atoms with Crippen LogP contribution in [-0.2, 0) is 28.9 Å². The number of fused-ring (bicyclic) bond motifs is 1. The second-order valence-corrected chi connectivity index (χ2v) is 18.5. The molecule has 0 bridgehead atoms. The third kappa shape index (κ3) is 10.7. The van der Waals surface area contributed by atoms with Crippen molar-refractivity contribution in [3.8, 4) is 17.6 Å². The fourth-order valence-corrected chi connectivity index (χ4v) is 10.2.